The van der Waals surface area contributed by atoms with E-state index in [2.05, 4.69) is 35.2 Å². The van der Waals surface area contributed by atoms with E-state index in [1.807, 2.05) is 6.07 Å². The Kier molecular flexibility index (Phi) is 5.82. The van der Waals surface area contributed by atoms with Crippen molar-refractivity contribution in [3.05, 3.63) is 23.9 Å². The second-order valence-electron chi connectivity index (χ2n) is 3.93. The van der Waals surface area contributed by atoms with Gasteiger partial charge in [-0.25, -0.2) is 10.8 Å². The van der Waals surface area contributed by atoms with Crippen LogP contribution in [0.25, 0.3) is 0 Å². The Morgan fingerprint density at radius 3 is 2.56 bits per heavy atom. The zero-order chi connectivity index (χ0) is 11.8. The van der Waals surface area contributed by atoms with E-state index in [4.69, 9.17) is 5.84 Å². The fourth-order valence-electron chi connectivity index (χ4n) is 1.84. The molecule has 0 aliphatic rings. The molecule has 0 saturated carbocycles. The first-order chi connectivity index (χ1) is 7.81. The molecule has 90 valence electrons. The molecule has 0 spiro atoms. The monoisotopic (exact) mass is 222 g/mol. The average Bonchev–Trinajstić information content (AvgIpc) is 2.30. The van der Waals surface area contributed by atoms with E-state index in [0.29, 0.717) is 0 Å². The molecular formula is C12H22N4. The molecule has 0 aromatic carbocycles. The highest BCUT2D eigenvalue weighted by molar-refractivity contribution is 5.42. The van der Waals surface area contributed by atoms with Gasteiger partial charge in [0.1, 0.15) is 5.82 Å². The summed E-state index contributed by atoms with van der Waals surface area (Å²) >= 11 is 0. The first-order valence-electron chi connectivity index (χ1n) is 5.94. The van der Waals surface area contributed by atoms with Gasteiger partial charge in [0, 0.05) is 18.3 Å². The fourth-order valence-corrected chi connectivity index (χ4v) is 1.84. The summed E-state index contributed by atoms with van der Waals surface area (Å²) in [5, 5.41) is 0. The number of hydrogen-bond acceptors (Lipinski definition) is 4. The molecule has 0 unspecified atom stereocenters. The predicted molar refractivity (Wildman–Crippen MR) is 67.9 cm³/mol. The number of nitrogen functional groups attached to an aromatic ring is 1. The molecule has 0 fully saturated rings. The van der Waals surface area contributed by atoms with Crippen LogP contribution in [0.1, 0.15) is 32.3 Å². The van der Waals surface area contributed by atoms with Crippen LogP contribution in [0.5, 0.6) is 0 Å². The summed E-state index contributed by atoms with van der Waals surface area (Å²) in [5.41, 5.74) is 3.81. The van der Waals surface area contributed by atoms with Crippen LogP contribution in [0.2, 0.25) is 0 Å². The zero-order valence-corrected chi connectivity index (χ0v) is 10.2. The van der Waals surface area contributed by atoms with E-state index in [1.54, 1.807) is 6.20 Å². The van der Waals surface area contributed by atoms with Crippen molar-refractivity contribution in [2.75, 3.05) is 18.5 Å². The number of nitrogens with two attached hydrogens (primary N) is 1. The average molecular weight is 222 g/mol. The highest BCUT2D eigenvalue weighted by Gasteiger charge is 2.07. The topological polar surface area (TPSA) is 54.2 Å². The van der Waals surface area contributed by atoms with Crippen molar-refractivity contribution in [1.82, 2.24) is 9.88 Å². The molecule has 0 atom stereocenters. The minimum Gasteiger partial charge on any atom is -0.308 e. The second-order valence-corrected chi connectivity index (χ2v) is 3.93. The molecule has 4 nitrogen and oxygen atoms in total. The molecule has 1 aromatic heterocycles. The third-order valence-electron chi connectivity index (χ3n) is 2.50. The summed E-state index contributed by atoms with van der Waals surface area (Å²) in [6, 6.07) is 4.02. The lowest BCUT2D eigenvalue weighted by Crippen LogP contribution is -2.26. The highest BCUT2D eigenvalue weighted by atomic mass is 15.3. The van der Waals surface area contributed by atoms with Crippen LogP contribution >= 0.6 is 0 Å². The van der Waals surface area contributed by atoms with Gasteiger partial charge < -0.3 is 5.43 Å². The molecule has 1 rings (SSSR count). The fraction of sp³-hybridized carbons (Fsp3) is 0.583. The van der Waals surface area contributed by atoms with E-state index < -0.39 is 0 Å². The van der Waals surface area contributed by atoms with Crippen LogP contribution in [-0.2, 0) is 6.54 Å². The van der Waals surface area contributed by atoms with E-state index in [-0.39, 0.29) is 0 Å². The minimum absolute atomic E-state index is 0.778. The van der Waals surface area contributed by atoms with Crippen molar-refractivity contribution in [2.24, 2.45) is 5.84 Å². The number of hydrogen-bond donors (Lipinski definition) is 2. The van der Waals surface area contributed by atoms with Crippen LogP contribution in [0.4, 0.5) is 5.82 Å². The molecular weight excluding hydrogens is 200 g/mol. The third-order valence-corrected chi connectivity index (χ3v) is 2.50. The van der Waals surface area contributed by atoms with Crippen LogP contribution in [0, 0.1) is 0 Å². The minimum atomic E-state index is 0.778. The van der Waals surface area contributed by atoms with Crippen LogP contribution in [0.15, 0.2) is 18.3 Å². The number of anilines is 1. The highest BCUT2D eigenvalue weighted by Crippen LogP contribution is 2.13. The molecule has 16 heavy (non-hydrogen) atoms. The number of aromatic nitrogens is 1. The molecule has 1 aromatic rings. The molecule has 3 N–H and O–H groups in total. The van der Waals surface area contributed by atoms with Crippen molar-refractivity contribution < 1.29 is 0 Å². The third kappa shape index (κ3) is 3.79. The van der Waals surface area contributed by atoms with E-state index in [0.717, 1.165) is 31.0 Å². The van der Waals surface area contributed by atoms with Gasteiger partial charge in [-0.1, -0.05) is 19.9 Å². The van der Waals surface area contributed by atoms with Crippen molar-refractivity contribution in [3.63, 3.8) is 0 Å². The van der Waals surface area contributed by atoms with Crippen molar-refractivity contribution in [2.45, 2.75) is 33.2 Å². The van der Waals surface area contributed by atoms with Gasteiger partial charge in [0.05, 0.1) is 0 Å². The summed E-state index contributed by atoms with van der Waals surface area (Å²) in [6.45, 7) is 7.55. The van der Waals surface area contributed by atoms with Crippen molar-refractivity contribution in [1.29, 1.82) is 0 Å². The van der Waals surface area contributed by atoms with Crippen LogP contribution in [-0.4, -0.2) is 23.0 Å². The molecule has 0 amide bonds. The normalized spacial score (nSPS) is 10.8. The SMILES string of the molecule is CCCN(CCC)Cc1cccnc1NN. The van der Waals surface area contributed by atoms with Gasteiger partial charge in [0.25, 0.3) is 0 Å². The van der Waals surface area contributed by atoms with Crippen LogP contribution < -0.4 is 11.3 Å². The lowest BCUT2D eigenvalue weighted by atomic mass is 10.2. The van der Waals surface area contributed by atoms with E-state index >= 15 is 0 Å². The van der Waals surface area contributed by atoms with E-state index in [1.165, 1.54) is 12.8 Å². The number of nitrogens with zero attached hydrogens (tertiary/aromatic N) is 2. The predicted octanol–water partition coefficient (Wildman–Crippen LogP) is 1.99. The van der Waals surface area contributed by atoms with Gasteiger partial charge >= 0.3 is 0 Å². The lowest BCUT2D eigenvalue weighted by Gasteiger charge is -2.21. The molecule has 1 heterocycles. The van der Waals surface area contributed by atoms with Gasteiger partial charge in [0.2, 0.25) is 0 Å². The Balaban J connectivity index is 2.67. The maximum atomic E-state index is 5.44. The number of hydrazine groups is 1. The van der Waals surface area contributed by atoms with Gasteiger partial charge in [-0.05, 0) is 32.0 Å². The van der Waals surface area contributed by atoms with E-state index in [9.17, 15) is 0 Å². The number of rotatable bonds is 7. The summed E-state index contributed by atoms with van der Waals surface area (Å²) < 4.78 is 0. The summed E-state index contributed by atoms with van der Waals surface area (Å²) in [4.78, 5) is 6.64. The van der Waals surface area contributed by atoms with Gasteiger partial charge in [0.15, 0.2) is 0 Å². The second kappa shape index (κ2) is 7.19. The Hall–Kier alpha value is -1.13. The Morgan fingerprint density at radius 2 is 2.00 bits per heavy atom. The quantitative estimate of drug-likeness (QED) is 0.547. The van der Waals surface area contributed by atoms with Gasteiger partial charge in [-0.2, -0.15) is 0 Å². The number of pyridine rings is 1. The molecule has 0 radical (unpaired) electrons. The van der Waals surface area contributed by atoms with Gasteiger partial charge in [-0.3, -0.25) is 4.90 Å². The smallest absolute Gasteiger partial charge is 0.144 e. The maximum absolute atomic E-state index is 5.44. The molecule has 0 bridgehead atoms. The molecule has 0 aliphatic carbocycles. The Morgan fingerprint density at radius 1 is 1.31 bits per heavy atom. The largest absolute Gasteiger partial charge is 0.308 e. The molecule has 4 heteroatoms. The van der Waals surface area contributed by atoms with Crippen LogP contribution in [0.3, 0.4) is 0 Å². The first kappa shape index (κ1) is 12.9. The zero-order valence-electron chi connectivity index (χ0n) is 10.2. The standard InChI is InChI=1S/C12H22N4/c1-3-8-16(9-4-2)10-11-6-5-7-14-12(11)15-13/h5-7H,3-4,8-10,13H2,1-2H3,(H,14,15). The Bertz CT molecular complexity index is 295. The van der Waals surface area contributed by atoms with Gasteiger partial charge in [-0.15, -0.1) is 0 Å². The first-order valence-corrected chi connectivity index (χ1v) is 5.94. The number of nitrogens with one attached hydrogen (secondary N) is 1. The molecule has 0 saturated heterocycles. The summed E-state index contributed by atoms with van der Waals surface area (Å²) in [6.07, 6.45) is 4.10. The summed E-state index contributed by atoms with van der Waals surface area (Å²) in [7, 11) is 0. The Labute approximate surface area is 97.8 Å². The molecule has 0 aliphatic heterocycles. The van der Waals surface area contributed by atoms with Crippen molar-refractivity contribution in [3.8, 4) is 0 Å². The lowest BCUT2D eigenvalue weighted by molar-refractivity contribution is 0.266. The maximum Gasteiger partial charge on any atom is 0.144 e. The summed E-state index contributed by atoms with van der Waals surface area (Å²) in [5.74, 6) is 6.22. The van der Waals surface area contributed by atoms with Crippen molar-refractivity contribution >= 4 is 5.82 Å².